The molecule has 2 atom stereocenters. The van der Waals surface area contributed by atoms with E-state index in [1.54, 1.807) is 24.8 Å². The number of halogens is 1. The minimum atomic E-state index is -0.914. The summed E-state index contributed by atoms with van der Waals surface area (Å²) in [5, 5.41) is 10.2. The minimum Gasteiger partial charge on any atom is -0.478 e. The van der Waals surface area contributed by atoms with Gasteiger partial charge in [-0.05, 0) is 37.8 Å². The molecule has 0 aromatic heterocycles. The van der Waals surface area contributed by atoms with Crippen molar-refractivity contribution < 1.29 is 9.90 Å². The van der Waals surface area contributed by atoms with Gasteiger partial charge < -0.3 is 5.11 Å². The third kappa shape index (κ3) is 2.76. The fourth-order valence-corrected chi connectivity index (χ4v) is 3.80. The van der Waals surface area contributed by atoms with Crippen LogP contribution in [-0.2, 0) is 4.79 Å². The van der Waals surface area contributed by atoms with Crippen molar-refractivity contribution >= 4 is 35.0 Å². The van der Waals surface area contributed by atoms with Crippen molar-refractivity contribution in [2.24, 2.45) is 4.99 Å². The lowest BCUT2D eigenvalue weighted by Gasteiger charge is -2.31. The van der Waals surface area contributed by atoms with Crippen molar-refractivity contribution in [2.45, 2.75) is 25.0 Å². The summed E-state index contributed by atoms with van der Waals surface area (Å²) >= 11 is 7.67. The number of hydrogen-bond donors (Lipinski definition) is 1. The van der Waals surface area contributed by atoms with E-state index in [4.69, 9.17) is 11.6 Å². The molecule has 1 aliphatic rings. The largest absolute Gasteiger partial charge is 0.478 e. The maximum atomic E-state index is 11.6. The number of aliphatic carboxylic acids is 1. The monoisotopic (exact) mass is 309 g/mol. The van der Waals surface area contributed by atoms with E-state index in [1.807, 2.05) is 31.4 Å². The van der Waals surface area contributed by atoms with Gasteiger partial charge in [0.1, 0.15) is 0 Å². The molecule has 2 unspecified atom stereocenters. The molecule has 1 aliphatic heterocycles. The normalized spacial score (nSPS) is 22.7. The molecule has 0 bridgehead atoms. The zero-order valence-electron chi connectivity index (χ0n) is 11.6. The van der Waals surface area contributed by atoms with Gasteiger partial charge in [0.2, 0.25) is 0 Å². The standard InChI is InChI=1S/C15H16ClNO2S/c1-8-12(15(18)19)13(14(20-3)9(2)17-8)10-5-4-6-11(16)7-10/h4-7,13-14H,1-3H3,(H,18,19). The Morgan fingerprint density at radius 1 is 1.40 bits per heavy atom. The molecule has 0 aliphatic carbocycles. The quantitative estimate of drug-likeness (QED) is 0.918. The summed E-state index contributed by atoms with van der Waals surface area (Å²) in [5.74, 6) is -1.14. The molecule has 0 spiro atoms. The Labute approximate surface area is 127 Å². The lowest BCUT2D eigenvalue weighted by atomic mass is 9.83. The highest BCUT2D eigenvalue weighted by Gasteiger charge is 2.36. The first kappa shape index (κ1) is 15.1. The molecule has 0 amide bonds. The molecule has 0 radical (unpaired) electrons. The SMILES string of the molecule is CSC1C(C)=NC(C)=C(C(=O)O)C1c1cccc(Cl)c1. The van der Waals surface area contributed by atoms with E-state index in [2.05, 4.69) is 4.99 Å². The first-order chi connectivity index (χ1) is 9.45. The average molecular weight is 310 g/mol. The Hall–Kier alpha value is -1.26. The van der Waals surface area contributed by atoms with Crippen LogP contribution < -0.4 is 0 Å². The van der Waals surface area contributed by atoms with Gasteiger partial charge in [0, 0.05) is 22.3 Å². The summed E-state index contributed by atoms with van der Waals surface area (Å²) in [6, 6.07) is 7.41. The van der Waals surface area contributed by atoms with Crippen LogP contribution >= 0.6 is 23.4 Å². The van der Waals surface area contributed by atoms with Crippen molar-refractivity contribution in [3.63, 3.8) is 0 Å². The molecule has 0 saturated heterocycles. The average Bonchev–Trinajstić information content (AvgIpc) is 2.37. The highest BCUT2D eigenvalue weighted by molar-refractivity contribution is 8.00. The smallest absolute Gasteiger partial charge is 0.334 e. The molecule has 106 valence electrons. The molecule has 3 nitrogen and oxygen atoms in total. The lowest BCUT2D eigenvalue weighted by Crippen LogP contribution is -2.31. The fraction of sp³-hybridized carbons (Fsp3) is 0.333. The van der Waals surface area contributed by atoms with E-state index in [-0.39, 0.29) is 11.2 Å². The number of benzene rings is 1. The molecular formula is C15H16ClNO2S. The number of thioether (sulfide) groups is 1. The second-order valence-corrected chi connectivity index (χ2v) is 6.16. The lowest BCUT2D eigenvalue weighted by molar-refractivity contribution is -0.133. The number of carboxylic acids is 1. The summed E-state index contributed by atoms with van der Waals surface area (Å²) in [6.07, 6.45) is 1.97. The predicted octanol–water partition coefficient (Wildman–Crippen LogP) is 3.99. The zero-order chi connectivity index (χ0) is 14.9. The van der Waals surface area contributed by atoms with Gasteiger partial charge in [0.15, 0.2) is 0 Å². The maximum absolute atomic E-state index is 11.6. The molecule has 0 saturated carbocycles. The molecule has 1 N–H and O–H groups in total. The van der Waals surface area contributed by atoms with E-state index in [0.29, 0.717) is 16.3 Å². The van der Waals surface area contributed by atoms with Gasteiger partial charge in [0.05, 0.1) is 10.8 Å². The number of allylic oxidation sites excluding steroid dienone is 1. The van der Waals surface area contributed by atoms with Crippen molar-refractivity contribution in [2.75, 3.05) is 6.26 Å². The van der Waals surface area contributed by atoms with E-state index in [0.717, 1.165) is 11.3 Å². The molecule has 20 heavy (non-hydrogen) atoms. The summed E-state index contributed by atoms with van der Waals surface area (Å²) in [7, 11) is 0. The fourth-order valence-electron chi connectivity index (χ4n) is 2.64. The van der Waals surface area contributed by atoms with Crippen molar-refractivity contribution in [1.29, 1.82) is 0 Å². The second-order valence-electron chi connectivity index (χ2n) is 4.75. The number of rotatable bonds is 3. The summed E-state index contributed by atoms with van der Waals surface area (Å²) in [5.41, 5.74) is 2.80. The summed E-state index contributed by atoms with van der Waals surface area (Å²) in [4.78, 5) is 16.0. The molecule has 1 heterocycles. The van der Waals surface area contributed by atoms with Crippen molar-refractivity contribution in [3.8, 4) is 0 Å². The molecular weight excluding hydrogens is 294 g/mol. The van der Waals surface area contributed by atoms with Crippen LogP contribution in [0.1, 0.15) is 25.3 Å². The number of carbonyl (C=O) groups is 1. The summed E-state index contributed by atoms with van der Waals surface area (Å²) < 4.78 is 0. The first-order valence-electron chi connectivity index (χ1n) is 6.23. The van der Waals surface area contributed by atoms with Gasteiger partial charge in [-0.3, -0.25) is 4.99 Å². The van der Waals surface area contributed by atoms with Crippen LogP contribution in [0.2, 0.25) is 5.02 Å². The third-order valence-corrected chi connectivity index (χ3v) is 4.81. The number of nitrogens with zero attached hydrogens (tertiary/aromatic N) is 1. The first-order valence-corrected chi connectivity index (χ1v) is 7.89. The van der Waals surface area contributed by atoms with Crippen LogP contribution in [0.3, 0.4) is 0 Å². The van der Waals surface area contributed by atoms with Crippen LogP contribution in [0.25, 0.3) is 0 Å². The van der Waals surface area contributed by atoms with E-state index >= 15 is 0 Å². The predicted molar refractivity (Wildman–Crippen MR) is 84.9 cm³/mol. The van der Waals surface area contributed by atoms with Crippen LogP contribution in [-0.4, -0.2) is 28.3 Å². The van der Waals surface area contributed by atoms with Crippen LogP contribution in [0.15, 0.2) is 40.5 Å². The Kier molecular flexibility index (Phi) is 4.55. The van der Waals surface area contributed by atoms with Gasteiger partial charge in [-0.1, -0.05) is 23.7 Å². The van der Waals surface area contributed by atoms with Gasteiger partial charge in [-0.2, -0.15) is 11.8 Å². The Balaban J connectivity index is 2.61. The van der Waals surface area contributed by atoms with Crippen LogP contribution in [0.4, 0.5) is 0 Å². The Morgan fingerprint density at radius 2 is 2.10 bits per heavy atom. The van der Waals surface area contributed by atoms with Crippen LogP contribution in [0, 0.1) is 0 Å². The second kappa shape index (κ2) is 6.02. The van der Waals surface area contributed by atoms with Gasteiger partial charge in [-0.25, -0.2) is 4.79 Å². The molecule has 1 aromatic carbocycles. The minimum absolute atomic E-state index is 0.0169. The molecule has 2 rings (SSSR count). The summed E-state index contributed by atoms with van der Waals surface area (Å²) in [6.45, 7) is 3.70. The highest BCUT2D eigenvalue weighted by Crippen LogP contribution is 2.40. The van der Waals surface area contributed by atoms with Gasteiger partial charge in [0.25, 0.3) is 0 Å². The zero-order valence-corrected chi connectivity index (χ0v) is 13.1. The highest BCUT2D eigenvalue weighted by atomic mass is 35.5. The van der Waals surface area contributed by atoms with Crippen molar-refractivity contribution in [1.82, 2.24) is 0 Å². The van der Waals surface area contributed by atoms with Gasteiger partial charge >= 0.3 is 5.97 Å². The molecule has 5 heteroatoms. The van der Waals surface area contributed by atoms with E-state index in [1.165, 1.54) is 0 Å². The van der Waals surface area contributed by atoms with E-state index in [9.17, 15) is 9.90 Å². The topological polar surface area (TPSA) is 49.7 Å². The number of hydrogen-bond acceptors (Lipinski definition) is 3. The Bertz CT molecular complexity index is 610. The third-order valence-electron chi connectivity index (χ3n) is 3.45. The number of carboxylic acid groups (broad SMARTS) is 1. The van der Waals surface area contributed by atoms with Crippen LogP contribution in [0.5, 0.6) is 0 Å². The van der Waals surface area contributed by atoms with Gasteiger partial charge in [-0.15, -0.1) is 0 Å². The molecule has 0 fully saturated rings. The van der Waals surface area contributed by atoms with Crippen molar-refractivity contribution in [3.05, 3.63) is 46.1 Å². The molecule has 1 aromatic rings. The number of aliphatic imine (C=N–C) groups is 1. The van der Waals surface area contributed by atoms with E-state index < -0.39 is 5.97 Å². The maximum Gasteiger partial charge on any atom is 0.334 e. The Morgan fingerprint density at radius 3 is 2.65 bits per heavy atom.